The molecule has 0 aliphatic carbocycles. The van der Waals surface area contributed by atoms with Crippen molar-refractivity contribution in [2.75, 3.05) is 34.2 Å². The third kappa shape index (κ3) is 6.95. The van der Waals surface area contributed by atoms with Crippen LogP contribution in [0, 0.1) is 0 Å². The van der Waals surface area contributed by atoms with E-state index in [0.29, 0.717) is 5.56 Å². The highest BCUT2D eigenvalue weighted by molar-refractivity contribution is 14.0. The van der Waals surface area contributed by atoms with Gasteiger partial charge in [0.15, 0.2) is 5.96 Å². The first-order valence-corrected chi connectivity index (χ1v) is 9.27. The van der Waals surface area contributed by atoms with Crippen molar-refractivity contribution in [1.82, 2.24) is 15.5 Å². The van der Waals surface area contributed by atoms with E-state index in [2.05, 4.69) is 45.1 Å². The summed E-state index contributed by atoms with van der Waals surface area (Å²) in [5.74, 6) is 0.831. The highest BCUT2D eigenvalue weighted by atomic mass is 127. The normalized spacial score (nSPS) is 10.8. The number of thiophene rings is 1. The molecule has 2 N–H and O–H groups in total. The minimum absolute atomic E-state index is 0. The summed E-state index contributed by atoms with van der Waals surface area (Å²) in [5, 5.41) is 8.15. The van der Waals surface area contributed by atoms with Gasteiger partial charge in [-0.05, 0) is 42.0 Å². The van der Waals surface area contributed by atoms with Crippen molar-refractivity contribution in [1.29, 1.82) is 0 Å². The Morgan fingerprint density at radius 2 is 2.04 bits per heavy atom. The third-order valence-corrected chi connectivity index (χ3v) is 4.90. The first-order valence-electron chi connectivity index (χ1n) is 8.39. The van der Waals surface area contributed by atoms with Crippen LogP contribution in [0.5, 0.6) is 0 Å². The van der Waals surface area contributed by atoms with Crippen LogP contribution in [0.25, 0.3) is 0 Å². The van der Waals surface area contributed by atoms with Crippen LogP contribution in [0.1, 0.15) is 20.8 Å². The van der Waals surface area contributed by atoms with Crippen LogP contribution in [0.2, 0.25) is 0 Å². The third-order valence-electron chi connectivity index (χ3n) is 3.96. The molecular formula is C19H27IN4OS. The molecule has 0 atom stereocenters. The molecule has 1 aromatic heterocycles. The van der Waals surface area contributed by atoms with Crippen LogP contribution in [-0.4, -0.2) is 51.0 Å². The Bertz CT molecular complexity index is 703. The first kappa shape index (κ1) is 22.4. The zero-order valence-electron chi connectivity index (χ0n) is 15.5. The van der Waals surface area contributed by atoms with E-state index in [0.717, 1.165) is 37.5 Å². The lowest BCUT2D eigenvalue weighted by Crippen LogP contribution is -2.40. The Kier molecular flexibility index (Phi) is 10.3. The van der Waals surface area contributed by atoms with E-state index in [1.807, 2.05) is 24.3 Å². The molecule has 2 rings (SSSR count). The quantitative estimate of drug-likeness (QED) is 0.360. The number of nitrogens with one attached hydrogen (secondary N) is 2. The SMILES string of the molecule is CN=C(NCCc1cccc(C(=O)NC)c1)N(C)CCc1cccs1.I. The second kappa shape index (κ2) is 11.9. The van der Waals surface area contributed by atoms with Crippen molar-refractivity contribution < 1.29 is 4.79 Å². The Balaban J connectivity index is 0.00000338. The molecule has 0 saturated heterocycles. The van der Waals surface area contributed by atoms with Gasteiger partial charge in [0, 0.05) is 44.7 Å². The summed E-state index contributed by atoms with van der Waals surface area (Å²) in [4.78, 5) is 19.6. The van der Waals surface area contributed by atoms with Crippen molar-refractivity contribution in [3.8, 4) is 0 Å². The minimum atomic E-state index is -0.0565. The van der Waals surface area contributed by atoms with Crippen molar-refractivity contribution in [3.63, 3.8) is 0 Å². The highest BCUT2D eigenvalue weighted by Crippen LogP contribution is 2.09. The zero-order chi connectivity index (χ0) is 18.1. The second-order valence-electron chi connectivity index (χ2n) is 5.75. The van der Waals surface area contributed by atoms with Gasteiger partial charge in [0.05, 0.1) is 0 Å². The summed E-state index contributed by atoms with van der Waals surface area (Å²) in [6, 6.07) is 12.0. The molecule has 0 aliphatic rings. The summed E-state index contributed by atoms with van der Waals surface area (Å²) < 4.78 is 0. The van der Waals surface area contributed by atoms with Gasteiger partial charge >= 0.3 is 0 Å². The van der Waals surface area contributed by atoms with Crippen LogP contribution in [0.3, 0.4) is 0 Å². The summed E-state index contributed by atoms with van der Waals surface area (Å²) in [5.41, 5.74) is 1.82. The standard InChI is InChI=1S/C19H26N4OS.HI/c1-20-18(24)16-7-4-6-15(14-16)9-11-22-19(21-2)23(3)12-10-17-8-5-13-25-17;/h4-8,13-14H,9-12H2,1-3H3,(H,20,24)(H,21,22);1H. The molecule has 7 heteroatoms. The lowest BCUT2D eigenvalue weighted by molar-refractivity contribution is 0.0963. The van der Waals surface area contributed by atoms with E-state index in [9.17, 15) is 4.79 Å². The lowest BCUT2D eigenvalue weighted by atomic mass is 10.1. The largest absolute Gasteiger partial charge is 0.356 e. The molecular weight excluding hydrogens is 459 g/mol. The second-order valence-corrected chi connectivity index (χ2v) is 6.79. The van der Waals surface area contributed by atoms with Crippen molar-refractivity contribution >= 4 is 47.2 Å². The first-order chi connectivity index (χ1) is 12.1. The van der Waals surface area contributed by atoms with E-state index in [1.54, 1.807) is 25.4 Å². The molecule has 0 aliphatic heterocycles. The van der Waals surface area contributed by atoms with Gasteiger partial charge in [0.2, 0.25) is 0 Å². The number of halogens is 1. The van der Waals surface area contributed by atoms with E-state index in [4.69, 9.17) is 0 Å². The molecule has 0 radical (unpaired) electrons. The number of amides is 1. The molecule has 0 bridgehead atoms. The van der Waals surface area contributed by atoms with Gasteiger partial charge in [0.25, 0.3) is 5.91 Å². The Labute approximate surface area is 176 Å². The average Bonchev–Trinajstić information content (AvgIpc) is 3.16. The maximum atomic E-state index is 11.7. The smallest absolute Gasteiger partial charge is 0.251 e. The molecule has 1 aromatic carbocycles. The van der Waals surface area contributed by atoms with E-state index in [-0.39, 0.29) is 29.9 Å². The topological polar surface area (TPSA) is 56.7 Å². The molecule has 1 heterocycles. The molecule has 0 unspecified atom stereocenters. The maximum absolute atomic E-state index is 11.7. The number of carbonyl (C=O) groups excluding carboxylic acids is 1. The Hall–Kier alpha value is -1.61. The van der Waals surface area contributed by atoms with Crippen LogP contribution < -0.4 is 10.6 Å². The Morgan fingerprint density at radius 3 is 2.69 bits per heavy atom. The van der Waals surface area contributed by atoms with Crippen LogP contribution in [0.4, 0.5) is 0 Å². The molecule has 0 spiro atoms. The summed E-state index contributed by atoms with van der Waals surface area (Å²) in [6.45, 7) is 1.69. The molecule has 0 saturated carbocycles. The van der Waals surface area contributed by atoms with E-state index < -0.39 is 0 Å². The maximum Gasteiger partial charge on any atom is 0.251 e. The van der Waals surface area contributed by atoms with Gasteiger partial charge in [0.1, 0.15) is 0 Å². The van der Waals surface area contributed by atoms with Crippen molar-refractivity contribution in [2.24, 2.45) is 4.99 Å². The minimum Gasteiger partial charge on any atom is -0.356 e. The molecule has 142 valence electrons. The number of likely N-dealkylation sites (N-methyl/N-ethyl adjacent to an activating group) is 1. The fourth-order valence-corrected chi connectivity index (χ4v) is 3.25. The molecule has 26 heavy (non-hydrogen) atoms. The molecule has 0 fully saturated rings. The number of carbonyl (C=O) groups is 1. The van der Waals surface area contributed by atoms with Crippen LogP contribution in [0.15, 0.2) is 46.8 Å². The Morgan fingerprint density at radius 1 is 1.23 bits per heavy atom. The van der Waals surface area contributed by atoms with Gasteiger partial charge in [-0.2, -0.15) is 0 Å². The van der Waals surface area contributed by atoms with Gasteiger partial charge < -0.3 is 15.5 Å². The number of nitrogens with zero attached hydrogens (tertiary/aromatic N) is 2. The van der Waals surface area contributed by atoms with Crippen LogP contribution in [-0.2, 0) is 12.8 Å². The molecule has 1 amide bonds. The number of aliphatic imine (C=N–C) groups is 1. The van der Waals surface area contributed by atoms with Gasteiger partial charge in [-0.3, -0.25) is 9.79 Å². The zero-order valence-corrected chi connectivity index (χ0v) is 18.6. The fourth-order valence-electron chi connectivity index (χ4n) is 2.55. The summed E-state index contributed by atoms with van der Waals surface area (Å²) >= 11 is 1.79. The van der Waals surface area contributed by atoms with Gasteiger partial charge in [-0.25, -0.2) is 0 Å². The number of benzene rings is 1. The summed E-state index contributed by atoms with van der Waals surface area (Å²) in [7, 11) is 5.50. The monoisotopic (exact) mass is 486 g/mol. The molecule has 5 nitrogen and oxygen atoms in total. The van der Waals surface area contributed by atoms with Gasteiger partial charge in [-0.1, -0.05) is 18.2 Å². The fraction of sp³-hybridized carbons (Fsp3) is 0.368. The van der Waals surface area contributed by atoms with E-state index in [1.165, 1.54) is 4.88 Å². The number of hydrogen-bond acceptors (Lipinski definition) is 3. The predicted octanol–water partition coefficient (Wildman–Crippen LogP) is 3.02. The molecule has 2 aromatic rings. The number of guanidine groups is 1. The van der Waals surface area contributed by atoms with Crippen molar-refractivity contribution in [2.45, 2.75) is 12.8 Å². The number of hydrogen-bond donors (Lipinski definition) is 2. The number of rotatable bonds is 7. The van der Waals surface area contributed by atoms with Gasteiger partial charge in [-0.15, -0.1) is 35.3 Å². The van der Waals surface area contributed by atoms with Crippen molar-refractivity contribution in [3.05, 3.63) is 57.8 Å². The highest BCUT2D eigenvalue weighted by Gasteiger charge is 2.07. The lowest BCUT2D eigenvalue weighted by Gasteiger charge is -2.21. The average molecular weight is 486 g/mol. The summed E-state index contributed by atoms with van der Waals surface area (Å²) in [6.07, 6.45) is 1.85. The van der Waals surface area contributed by atoms with E-state index >= 15 is 0 Å². The van der Waals surface area contributed by atoms with Crippen LogP contribution >= 0.6 is 35.3 Å². The predicted molar refractivity (Wildman–Crippen MR) is 121 cm³/mol.